The van der Waals surface area contributed by atoms with Gasteiger partial charge in [-0.2, -0.15) is 4.68 Å². The van der Waals surface area contributed by atoms with Crippen LogP contribution in [0.25, 0.3) is 5.82 Å². The molecule has 180 valence electrons. The average molecular weight is 475 g/mol. The molecule has 6 rings (SSSR count). The molecule has 2 saturated heterocycles. The van der Waals surface area contributed by atoms with E-state index < -0.39 is 0 Å². The third-order valence-electron chi connectivity index (χ3n) is 7.31. The Morgan fingerprint density at radius 2 is 2.11 bits per heavy atom. The van der Waals surface area contributed by atoms with E-state index in [1.807, 2.05) is 23.1 Å². The van der Waals surface area contributed by atoms with Crippen LogP contribution in [0.15, 0.2) is 36.8 Å². The van der Waals surface area contributed by atoms with Crippen molar-refractivity contribution in [2.45, 2.75) is 32.0 Å². The highest BCUT2D eigenvalue weighted by atomic mass is 16.5. The van der Waals surface area contributed by atoms with E-state index in [0.717, 1.165) is 36.3 Å². The zero-order chi connectivity index (χ0) is 23.9. The van der Waals surface area contributed by atoms with E-state index in [4.69, 9.17) is 4.74 Å². The Bertz CT molecular complexity index is 1260. The van der Waals surface area contributed by atoms with Crippen molar-refractivity contribution >= 4 is 11.9 Å². The van der Waals surface area contributed by atoms with Crippen LogP contribution in [-0.2, 0) is 22.6 Å². The highest BCUT2D eigenvalue weighted by molar-refractivity contribution is 5.94. The molecule has 11 nitrogen and oxygen atoms in total. The first kappa shape index (κ1) is 21.8. The molecule has 1 N–H and O–H groups in total. The van der Waals surface area contributed by atoms with E-state index in [9.17, 15) is 9.59 Å². The van der Waals surface area contributed by atoms with Crippen molar-refractivity contribution in [2.24, 2.45) is 0 Å². The van der Waals surface area contributed by atoms with Gasteiger partial charge in [0.1, 0.15) is 12.9 Å². The zero-order valence-corrected chi connectivity index (χ0v) is 19.4. The molecule has 0 saturated carbocycles. The van der Waals surface area contributed by atoms with Gasteiger partial charge in [0.2, 0.25) is 5.91 Å². The van der Waals surface area contributed by atoms with Crippen molar-refractivity contribution in [2.75, 3.05) is 32.7 Å². The number of nitrogens with one attached hydrogen (secondary N) is 1. The Morgan fingerprint density at radius 3 is 2.91 bits per heavy atom. The van der Waals surface area contributed by atoms with Gasteiger partial charge in [0.15, 0.2) is 5.82 Å². The Balaban J connectivity index is 1.07. The number of carbonyl (C=O) groups is 2. The molecule has 0 spiro atoms. The Hall–Kier alpha value is -3.70. The first-order valence-corrected chi connectivity index (χ1v) is 11.8. The van der Waals surface area contributed by atoms with Crippen LogP contribution in [0, 0.1) is 6.92 Å². The number of tetrazole rings is 1. The summed E-state index contributed by atoms with van der Waals surface area (Å²) in [5.74, 6) is 0.495. The number of hydrogen-bond donors (Lipinski definition) is 1. The van der Waals surface area contributed by atoms with Crippen LogP contribution in [0.2, 0.25) is 0 Å². The fourth-order valence-electron chi connectivity index (χ4n) is 5.29. The van der Waals surface area contributed by atoms with Gasteiger partial charge in [-0.25, -0.2) is 9.78 Å². The molecule has 0 unspecified atom stereocenters. The zero-order valence-electron chi connectivity index (χ0n) is 19.4. The SMILES string of the molecule is Cc1c([C@H]2CN3CCN(C(=O)Cc4ccc(-n5cnnn5)nc4)C[C@@H]3CN2)ccc2c1COC2=O. The molecule has 3 aromatic rings. The normalized spacial score (nSPS) is 22.0. The van der Waals surface area contributed by atoms with Crippen LogP contribution in [-0.4, -0.2) is 85.6 Å². The number of amides is 1. The number of piperazine rings is 2. The molecule has 2 atom stereocenters. The Morgan fingerprint density at radius 1 is 1.20 bits per heavy atom. The van der Waals surface area contributed by atoms with Crippen molar-refractivity contribution in [1.82, 2.24) is 40.3 Å². The van der Waals surface area contributed by atoms with Crippen molar-refractivity contribution in [3.63, 3.8) is 0 Å². The van der Waals surface area contributed by atoms with E-state index in [0.29, 0.717) is 37.5 Å². The van der Waals surface area contributed by atoms with E-state index in [-0.39, 0.29) is 24.0 Å². The van der Waals surface area contributed by atoms with E-state index >= 15 is 0 Å². The monoisotopic (exact) mass is 474 g/mol. The van der Waals surface area contributed by atoms with Gasteiger partial charge in [-0.3, -0.25) is 9.69 Å². The topological polar surface area (TPSA) is 118 Å². The molecule has 35 heavy (non-hydrogen) atoms. The third-order valence-corrected chi connectivity index (χ3v) is 7.31. The number of aromatic nitrogens is 5. The molecule has 0 radical (unpaired) electrons. The Kier molecular flexibility index (Phi) is 5.50. The second-order valence-electron chi connectivity index (χ2n) is 9.29. The third kappa shape index (κ3) is 4.06. The lowest BCUT2D eigenvalue weighted by molar-refractivity contribution is -0.134. The van der Waals surface area contributed by atoms with Gasteiger partial charge in [-0.1, -0.05) is 12.1 Å². The second-order valence-corrected chi connectivity index (χ2v) is 9.29. The smallest absolute Gasteiger partial charge is 0.338 e. The van der Waals surface area contributed by atoms with Crippen LogP contribution in [0.3, 0.4) is 0 Å². The lowest BCUT2D eigenvalue weighted by Crippen LogP contribution is -2.62. The number of hydrogen-bond acceptors (Lipinski definition) is 9. The summed E-state index contributed by atoms with van der Waals surface area (Å²) >= 11 is 0. The van der Waals surface area contributed by atoms with E-state index in [2.05, 4.69) is 43.7 Å². The maximum atomic E-state index is 13.0. The summed E-state index contributed by atoms with van der Waals surface area (Å²) in [6.07, 6.45) is 3.51. The summed E-state index contributed by atoms with van der Waals surface area (Å²) in [4.78, 5) is 33.7. The van der Waals surface area contributed by atoms with Gasteiger partial charge in [-0.05, 0) is 46.2 Å². The number of ether oxygens (including phenoxy) is 1. The largest absolute Gasteiger partial charge is 0.457 e. The lowest BCUT2D eigenvalue weighted by Gasteiger charge is -2.47. The van der Waals surface area contributed by atoms with Gasteiger partial charge in [-0.15, -0.1) is 5.10 Å². The molecule has 0 bridgehead atoms. The summed E-state index contributed by atoms with van der Waals surface area (Å²) in [6.45, 7) is 6.39. The first-order chi connectivity index (χ1) is 17.1. The number of carbonyl (C=O) groups excluding carboxylic acids is 2. The van der Waals surface area contributed by atoms with Crippen LogP contribution >= 0.6 is 0 Å². The fraction of sp³-hybridized carbons (Fsp3) is 0.417. The number of esters is 1. The molecule has 3 aliphatic rings. The fourth-order valence-corrected chi connectivity index (χ4v) is 5.29. The Labute approximate surface area is 202 Å². The molecular formula is C24H26N8O3. The molecule has 5 heterocycles. The standard InChI is InChI=1S/C24H26N8O3/c1-15-18(3-4-19-20(15)13-35-24(19)34)21-12-30-6-7-31(11-17(30)10-25-21)23(33)8-16-2-5-22(26-9-16)32-14-27-28-29-32/h2-5,9,14,17,21,25H,6-8,10-13H2,1H3/t17-,21+/m0/s1. The van der Waals surface area contributed by atoms with Crippen LogP contribution in [0.4, 0.5) is 0 Å². The molecule has 0 aliphatic carbocycles. The summed E-state index contributed by atoms with van der Waals surface area (Å²) in [5, 5.41) is 14.7. The number of fused-ring (bicyclic) bond motifs is 2. The minimum Gasteiger partial charge on any atom is -0.457 e. The first-order valence-electron chi connectivity index (χ1n) is 11.8. The molecule has 1 aromatic carbocycles. The highest BCUT2D eigenvalue weighted by Gasteiger charge is 2.36. The predicted molar refractivity (Wildman–Crippen MR) is 124 cm³/mol. The maximum absolute atomic E-state index is 13.0. The number of rotatable bonds is 4. The van der Waals surface area contributed by atoms with Gasteiger partial charge in [0, 0.05) is 56.6 Å². The quantitative estimate of drug-likeness (QED) is 0.537. The second kappa shape index (κ2) is 8.82. The van der Waals surface area contributed by atoms with Gasteiger partial charge in [0.25, 0.3) is 0 Å². The molecule has 3 aliphatic heterocycles. The van der Waals surface area contributed by atoms with Gasteiger partial charge < -0.3 is 15.0 Å². The van der Waals surface area contributed by atoms with Crippen molar-refractivity contribution < 1.29 is 14.3 Å². The molecule has 11 heteroatoms. The van der Waals surface area contributed by atoms with Crippen molar-refractivity contribution in [1.29, 1.82) is 0 Å². The predicted octanol–water partition coefficient (Wildman–Crippen LogP) is 0.436. The average Bonchev–Trinajstić information content (AvgIpc) is 3.55. The lowest BCUT2D eigenvalue weighted by atomic mass is 9.92. The van der Waals surface area contributed by atoms with Crippen LogP contribution < -0.4 is 5.32 Å². The number of nitrogens with zero attached hydrogens (tertiary/aromatic N) is 7. The summed E-state index contributed by atoms with van der Waals surface area (Å²) in [6, 6.07) is 8.12. The summed E-state index contributed by atoms with van der Waals surface area (Å²) in [5.41, 5.74) is 4.92. The molecular weight excluding hydrogens is 448 g/mol. The summed E-state index contributed by atoms with van der Waals surface area (Å²) in [7, 11) is 0. The van der Waals surface area contributed by atoms with Gasteiger partial charge in [0.05, 0.1) is 12.0 Å². The number of pyridine rings is 1. The minimum absolute atomic E-state index is 0.114. The number of cyclic esters (lactones) is 1. The van der Waals surface area contributed by atoms with Crippen molar-refractivity contribution in [3.05, 3.63) is 64.6 Å². The van der Waals surface area contributed by atoms with E-state index in [1.54, 1.807) is 6.20 Å². The van der Waals surface area contributed by atoms with Crippen LogP contribution in [0.5, 0.6) is 0 Å². The molecule has 1 amide bonds. The van der Waals surface area contributed by atoms with Gasteiger partial charge >= 0.3 is 5.97 Å². The number of benzene rings is 1. The minimum atomic E-state index is -0.230. The highest BCUT2D eigenvalue weighted by Crippen LogP contribution is 2.31. The van der Waals surface area contributed by atoms with Crippen LogP contribution in [0.1, 0.15) is 38.7 Å². The summed E-state index contributed by atoms with van der Waals surface area (Å²) < 4.78 is 6.69. The van der Waals surface area contributed by atoms with E-state index in [1.165, 1.54) is 16.6 Å². The molecule has 2 aromatic heterocycles. The van der Waals surface area contributed by atoms with Crippen molar-refractivity contribution in [3.8, 4) is 5.82 Å². The molecule has 2 fully saturated rings. The maximum Gasteiger partial charge on any atom is 0.338 e.